The van der Waals surface area contributed by atoms with E-state index in [1.54, 1.807) is 19.4 Å². The minimum absolute atomic E-state index is 0.0569. The van der Waals surface area contributed by atoms with E-state index in [1.807, 2.05) is 13.0 Å². The number of amides is 1. The van der Waals surface area contributed by atoms with Crippen molar-refractivity contribution in [2.45, 2.75) is 6.92 Å². The van der Waals surface area contributed by atoms with Gasteiger partial charge in [0.15, 0.2) is 0 Å². The van der Waals surface area contributed by atoms with Crippen LogP contribution in [0.4, 0.5) is 5.69 Å². The Kier molecular flexibility index (Phi) is 3.40. The molecule has 1 heterocycles. The van der Waals surface area contributed by atoms with E-state index >= 15 is 0 Å². The Morgan fingerprint density at radius 3 is 3.00 bits per heavy atom. The van der Waals surface area contributed by atoms with Gasteiger partial charge < -0.3 is 10.6 Å². The number of nitrogens with zero attached hydrogens (tertiary/aromatic N) is 1. The summed E-state index contributed by atoms with van der Waals surface area (Å²) >= 11 is 0. The van der Waals surface area contributed by atoms with Gasteiger partial charge in [0.1, 0.15) is 0 Å². The van der Waals surface area contributed by atoms with Crippen LogP contribution in [0.25, 0.3) is 0 Å². The molecule has 0 spiro atoms. The van der Waals surface area contributed by atoms with Gasteiger partial charge in [-0.05, 0) is 25.6 Å². The normalized spacial score (nSPS) is 9.69. The van der Waals surface area contributed by atoms with Gasteiger partial charge in [-0.15, -0.1) is 0 Å². The summed E-state index contributed by atoms with van der Waals surface area (Å²) in [5.74, 6) is -0.0569. The zero-order valence-electron chi connectivity index (χ0n) is 7.79. The minimum atomic E-state index is -0.0569. The highest BCUT2D eigenvalue weighted by Crippen LogP contribution is 2.10. The van der Waals surface area contributed by atoms with E-state index < -0.39 is 0 Å². The number of pyridine rings is 1. The summed E-state index contributed by atoms with van der Waals surface area (Å²) in [4.78, 5) is 15.1. The first-order valence-corrected chi connectivity index (χ1v) is 4.09. The summed E-state index contributed by atoms with van der Waals surface area (Å²) in [5, 5.41) is 5.52. The Morgan fingerprint density at radius 1 is 1.62 bits per heavy atom. The summed E-state index contributed by atoms with van der Waals surface area (Å²) in [6, 6.07) is 1.86. The Morgan fingerprint density at radius 2 is 2.38 bits per heavy atom. The maximum absolute atomic E-state index is 11.2. The minimum Gasteiger partial charge on any atom is -0.323 e. The molecule has 0 aromatic carbocycles. The quantitative estimate of drug-likeness (QED) is 0.712. The lowest BCUT2D eigenvalue weighted by atomic mass is 10.2. The van der Waals surface area contributed by atoms with E-state index in [-0.39, 0.29) is 5.91 Å². The van der Waals surface area contributed by atoms with Crippen LogP contribution in [0.1, 0.15) is 5.56 Å². The van der Waals surface area contributed by atoms with Crippen LogP contribution < -0.4 is 10.6 Å². The van der Waals surface area contributed by atoms with Gasteiger partial charge >= 0.3 is 0 Å². The van der Waals surface area contributed by atoms with Crippen LogP contribution in [0.3, 0.4) is 0 Å². The Balaban J connectivity index is 2.63. The summed E-state index contributed by atoms with van der Waals surface area (Å²) < 4.78 is 0. The maximum Gasteiger partial charge on any atom is 0.238 e. The second-order valence-corrected chi connectivity index (χ2v) is 2.77. The molecule has 0 atom stereocenters. The summed E-state index contributed by atoms with van der Waals surface area (Å²) in [5.41, 5.74) is 1.78. The number of anilines is 1. The monoisotopic (exact) mass is 179 g/mol. The molecule has 70 valence electrons. The largest absolute Gasteiger partial charge is 0.323 e. The van der Waals surface area contributed by atoms with Crippen molar-refractivity contribution >= 4 is 11.6 Å². The van der Waals surface area contributed by atoms with Gasteiger partial charge in [0, 0.05) is 6.20 Å². The molecule has 0 fully saturated rings. The van der Waals surface area contributed by atoms with E-state index in [2.05, 4.69) is 15.6 Å². The summed E-state index contributed by atoms with van der Waals surface area (Å²) in [6.07, 6.45) is 3.34. The van der Waals surface area contributed by atoms with Gasteiger partial charge in [0.05, 0.1) is 18.4 Å². The van der Waals surface area contributed by atoms with Crippen LogP contribution in [-0.2, 0) is 4.79 Å². The zero-order valence-corrected chi connectivity index (χ0v) is 7.79. The fourth-order valence-electron chi connectivity index (χ4n) is 0.950. The summed E-state index contributed by atoms with van der Waals surface area (Å²) in [7, 11) is 1.73. The van der Waals surface area contributed by atoms with Crippen LogP contribution >= 0.6 is 0 Å². The number of rotatable bonds is 3. The molecule has 1 aromatic rings. The van der Waals surface area contributed by atoms with Crippen molar-refractivity contribution < 1.29 is 4.79 Å². The molecule has 0 aliphatic heterocycles. The van der Waals surface area contributed by atoms with Gasteiger partial charge in [-0.25, -0.2) is 0 Å². The van der Waals surface area contributed by atoms with Crippen LogP contribution in [0.2, 0.25) is 0 Å². The number of aryl methyl sites for hydroxylation is 1. The van der Waals surface area contributed by atoms with Gasteiger partial charge in [-0.2, -0.15) is 0 Å². The number of likely N-dealkylation sites (N-methyl/N-ethyl adjacent to an activating group) is 1. The molecule has 0 radical (unpaired) electrons. The molecule has 0 aliphatic carbocycles. The van der Waals surface area contributed by atoms with Gasteiger partial charge in [-0.1, -0.05) is 0 Å². The van der Waals surface area contributed by atoms with E-state index in [1.165, 1.54) is 0 Å². The average Bonchev–Trinajstić information content (AvgIpc) is 2.09. The first-order chi connectivity index (χ1) is 6.24. The van der Waals surface area contributed by atoms with Crippen molar-refractivity contribution in [1.82, 2.24) is 10.3 Å². The lowest BCUT2D eigenvalue weighted by molar-refractivity contribution is -0.115. The third kappa shape index (κ3) is 2.83. The number of aromatic nitrogens is 1. The molecule has 0 saturated carbocycles. The van der Waals surface area contributed by atoms with Gasteiger partial charge in [0.25, 0.3) is 0 Å². The molecule has 1 rings (SSSR count). The fourth-order valence-corrected chi connectivity index (χ4v) is 0.950. The Labute approximate surface area is 77.4 Å². The third-order valence-electron chi connectivity index (χ3n) is 1.65. The van der Waals surface area contributed by atoms with Crippen molar-refractivity contribution in [3.05, 3.63) is 24.0 Å². The lowest BCUT2D eigenvalue weighted by Gasteiger charge is -2.06. The van der Waals surface area contributed by atoms with Gasteiger partial charge in [0.2, 0.25) is 5.91 Å². The lowest BCUT2D eigenvalue weighted by Crippen LogP contribution is -2.25. The molecule has 1 amide bonds. The van der Waals surface area contributed by atoms with E-state index in [4.69, 9.17) is 0 Å². The molecule has 4 nitrogen and oxygen atoms in total. The SMILES string of the molecule is CNCC(=O)Nc1cnccc1C. The van der Waals surface area contributed by atoms with Crippen molar-refractivity contribution in [1.29, 1.82) is 0 Å². The molecule has 13 heavy (non-hydrogen) atoms. The third-order valence-corrected chi connectivity index (χ3v) is 1.65. The highest BCUT2D eigenvalue weighted by Gasteiger charge is 2.02. The molecular weight excluding hydrogens is 166 g/mol. The number of carbonyl (C=O) groups excluding carboxylic acids is 1. The summed E-state index contributed by atoms with van der Waals surface area (Å²) in [6.45, 7) is 2.24. The smallest absolute Gasteiger partial charge is 0.238 e. The topological polar surface area (TPSA) is 54.0 Å². The van der Waals surface area contributed by atoms with Crippen molar-refractivity contribution in [3.63, 3.8) is 0 Å². The first kappa shape index (κ1) is 9.67. The van der Waals surface area contributed by atoms with Crippen LogP contribution in [0.15, 0.2) is 18.5 Å². The van der Waals surface area contributed by atoms with Crippen LogP contribution in [0.5, 0.6) is 0 Å². The van der Waals surface area contributed by atoms with E-state index in [0.29, 0.717) is 6.54 Å². The first-order valence-electron chi connectivity index (χ1n) is 4.09. The molecule has 0 saturated heterocycles. The standard InChI is InChI=1S/C9H13N3O/c1-7-3-4-11-5-8(7)12-9(13)6-10-2/h3-5,10H,6H2,1-2H3,(H,12,13). The number of carbonyl (C=O) groups is 1. The Bertz CT molecular complexity index is 299. The maximum atomic E-state index is 11.2. The average molecular weight is 179 g/mol. The van der Waals surface area contributed by atoms with Crippen LogP contribution in [0, 0.1) is 6.92 Å². The van der Waals surface area contributed by atoms with Gasteiger partial charge in [-0.3, -0.25) is 9.78 Å². The number of nitrogens with one attached hydrogen (secondary N) is 2. The number of hydrogen-bond acceptors (Lipinski definition) is 3. The molecule has 1 aromatic heterocycles. The van der Waals surface area contributed by atoms with E-state index in [9.17, 15) is 4.79 Å². The molecule has 0 unspecified atom stereocenters. The highest BCUT2D eigenvalue weighted by molar-refractivity contribution is 5.92. The van der Waals surface area contributed by atoms with Crippen LogP contribution in [-0.4, -0.2) is 24.5 Å². The highest BCUT2D eigenvalue weighted by atomic mass is 16.1. The zero-order chi connectivity index (χ0) is 9.68. The second kappa shape index (κ2) is 4.57. The molecule has 0 bridgehead atoms. The molecule has 0 aliphatic rings. The Hall–Kier alpha value is -1.42. The van der Waals surface area contributed by atoms with Crippen molar-refractivity contribution in [3.8, 4) is 0 Å². The molecule has 2 N–H and O–H groups in total. The predicted octanol–water partition coefficient (Wildman–Crippen LogP) is 0.548. The fraction of sp³-hybridized carbons (Fsp3) is 0.333. The molecular formula is C9H13N3O. The van der Waals surface area contributed by atoms with E-state index in [0.717, 1.165) is 11.3 Å². The molecule has 4 heteroatoms. The van der Waals surface area contributed by atoms with Crippen molar-refractivity contribution in [2.75, 3.05) is 18.9 Å². The second-order valence-electron chi connectivity index (χ2n) is 2.77. The number of hydrogen-bond donors (Lipinski definition) is 2. The predicted molar refractivity (Wildman–Crippen MR) is 51.5 cm³/mol. The van der Waals surface area contributed by atoms with Crippen molar-refractivity contribution in [2.24, 2.45) is 0 Å².